The summed E-state index contributed by atoms with van der Waals surface area (Å²) in [7, 11) is 0. The van der Waals surface area contributed by atoms with E-state index < -0.39 is 11.9 Å². The number of nitrogens with zero attached hydrogens (tertiary/aromatic N) is 3. The summed E-state index contributed by atoms with van der Waals surface area (Å²) in [5.41, 5.74) is 1.63. The molecule has 0 spiro atoms. The van der Waals surface area contributed by atoms with E-state index in [1.165, 1.54) is 4.68 Å². The van der Waals surface area contributed by atoms with Crippen molar-refractivity contribution in [2.24, 2.45) is 5.92 Å². The third-order valence-electron chi connectivity index (χ3n) is 4.59. The van der Waals surface area contributed by atoms with Gasteiger partial charge in [0.25, 0.3) is 0 Å². The van der Waals surface area contributed by atoms with Crippen molar-refractivity contribution in [3.63, 3.8) is 0 Å². The van der Waals surface area contributed by atoms with Crippen LogP contribution in [0.25, 0.3) is 11.3 Å². The Morgan fingerprint density at radius 1 is 1.16 bits per heavy atom. The number of aromatic nitrogens is 3. The normalized spacial score (nSPS) is 20.6. The molecular weight excluding hydrogens is 320 g/mol. The second kappa shape index (κ2) is 7.92. The fourth-order valence-corrected chi connectivity index (χ4v) is 3.29. The standard InChI is InChI=1S/C18H22N4O3/c23-17(19-15-10-6-2-5-9-14(15)18(24)25)12-22-11-16(20-21-22)13-7-3-1-4-8-13/h1,3-4,7-8,11,14-15H,2,5-6,9-10,12H2,(H,19,23)(H,24,25)/t14-,15+/m1/s1. The number of hydrogen-bond donors (Lipinski definition) is 2. The lowest BCUT2D eigenvalue weighted by Gasteiger charge is -2.22. The molecule has 1 heterocycles. The first kappa shape index (κ1) is 17.1. The minimum Gasteiger partial charge on any atom is -0.481 e. The summed E-state index contributed by atoms with van der Waals surface area (Å²) in [6, 6.07) is 9.30. The maximum Gasteiger partial charge on any atom is 0.308 e. The fourth-order valence-electron chi connectivity index (χ4n) is 3.29. The van der Waals surface area contributed by atoms with E-state index >= 15 is 0 Å². The first-order valence-electron chi connectivity index (χ1n) is 8.61. The lowest BCUT2D eigenvalue weighted by atomic mass is 9.95. The van der Waals surface area contributed by atoms with Gasteiger partial charge >= 0.3 is 5.97 Å². The van der Waals surface area contributed by atoms with Crippen molar-refractivity contribution in [1.29, 1.82) is 0 Å². The van der Waals surface area contributed by atoms with Gasteiger partial charge in [-0.05, 0) is 12.8 Å². The van der Waals surface area contributed by atoms with Crippen LogP contribution in [-0.2, 0) is 16.1 Å². The van der Waals surface area contributed by atoms with E-state index in [1.54, 1.807) is 6.20 Å². The molecule has 0 bridgehead atoms. The molecule has 2 atom stereocenters. The van der Waals surface area contributed by atoms with Gasteiger partial charge in [0.05, 0.1) is 12.1 Å². The fraction of sp³-hybridized carbons (Fsp3) is 0.444. The summed E-state index contributed by atoms with van der Waals surface area (Å²) in [4.78, 5) is 23.8. The molecule has 0 radical (unpaired) electrons. The van der Waals surface area contributed by atoms with Crippen LogP contribution in [0.5, 0.6) is 0 Å². The molecule has 1 amide bonds. The molecule has 2 aromatic rings. The molecule has 0 aliphatic heterocycles. The van der Waals surface area contributed by atoms with Crippen molar-refractivity contribution in [3.05, 3.63) is 36.5 Å². The highest BCUT2D eigenvalue weighted by atomic mass is 16.4. The summed E-state index contributed by atoms with van der Waals surface area (Å²) in [6.07, 6.45) is 5.89. The Bertz CT molecular complexity index is 729. The largest absolute Gasteiger partial charge is 0.481 e. The molecule has 25 heavy (non-hydrogen) atoms. The van der Waals surface area contributed by atoms with E-state index in [9.17, 15) is 14.7 Å². The van der Waals surface area contributed by atoms with Crippen molar-refractivity contribution in [2.75, 3.05) is 0 Å². The number of carboxylic acids is 1. The first-order chi connectivity index (χ1) is 12.1. The second-order valence-corrected chi connectivity index (χ2v) is 6.42. The van der Waals surface area contributed by atoms with Crippen molar-refractivity contribution in [1.82, 2.24) is 20.3 Å². The maximum atomic E-state index is 12.3. The van der Waals surface area contributed by atoms with Crippen LogP contribution in [0.4, 0.5) is 0 Å². The third kappa shape index (κ3) is 4.43. The van der Waals surface area contributed by atoms with E-state index in [1.807, 2.05) is 30.3 Å². The number of benzene rings is 1. The van der Waals surface area contributed by atoms with Crippen LogP contribution >= 0.6 is 0 Å². The van der Waals surface area contributed by atoms with Gasteiger partial charge < -0.3 is 10.4 Å². The van der Waals surface area contributed by atoms with E-state index in [4.69, 9.17) is 0 Å². The molecule has 0 saturated heterocycles. The van der Waals surface area contributed by atoms with E-state index in [0.29, 0.717) is 18.5 Å². The van der Waals surface area contributed by atoms with E-state index in [-0.39, 0.29) is 18.5 Å². The van der Waals surface area contributed by atoms with E-state index in [2.05, 4.69) is 15.6 Å². The maximum absolute atomic E-state index is 12.3. The van der Waals surface area contributed by atoms with Crippen LogP contribution < -0.4 is 5.32 Å². The minimum atomic E-state index is -0.834. The highest BCUT2D eigenvalue weighted by molar-refractivity contribution is 5.78. The second-order valence-electron chi connectivity index (χ2n) is 6.42. The van der Waals surface area contributed by atoms with Gasteiger partial charge in [-0.1, -0.05) is 54.8 Å². The lowest BCUT2D eigenvalue weighted by molar-refractivity contribution is -0.143. The predicted molar refractivity (Wildman–Crippen MR) is 91.6 cm³/mol. The molecule has 3 rings (SSSR count). The van der Waals surface area contributed by atoms with Gasteiger partial charge in [-0.25, -0.2) is 4.68 Å². The molecule has 1 saturated carbocycles. The lowest BCUT2D eigenvalue weighted by Crippen LogP contribution is -2.44. The highest BCUT2D eigenvalue weighted by Crippen LogP contribution is 2.24. The van der Waals surface area contributed by atoms with E-state index in [0.717, 1.165) is 24.8 Å². The topological polar surface area (TPSA) is 97.1 Å². The van der Waals surface area contributed by atoms with Crippen molar-refractivity contribution < 1.29 is 14.7 Å². The van der Waals surface area contributed by atoms with Crippen LogP contribution in [0.2, 0.25) is 0 Å². The number of amides is 1. The number of nitrogens with one attached hydrogen (secondary N) is 1. The Morgan fingerprint density at radius 2 is 1.92 bits per heavy atom. The summed E-state index contributed by atoms with van der Waals surface area (Å²) in [5.74, 6) is -1.58. The van der Waals surface area contributed by atoms with Crippen molar-refractivity contribution in [2.45, 2.75) is 44.7 Å². The molecule has 0 unspecified atom stereocenters. The first-order valence-corrected chi connectivity index (χ1v) is 8.61. The van der Waals surface area contributed by atoms with Crippen molar-refractivity contribution in [3.8, 4) is 11.3 Å². The van der Waals surface area contributed by atoms with Gasteiger partial charge in [-0.15, -0.1) is 5.10 Å². The Hall–Kier alpha value is -2.70. The zero-order valence-electron chi connectivity index (χ0n) is 14.0. The van der Waals surface area contributed by atoms with Gasteiger partial charge in [0, 0.05) is 11.6 Å². The summed E-state index contributed by atoms with van der Waals surface area (Å²) >= 11 is 0. The number of hydrogen-bond acceptors (Lipinski definition) is 4. The zero-order valence-corrected chi connectivity index (χ0v) is 14.0. The molecule has 1 aliphatic rings. The number of carbonyl (C=O) groups excluding carboxylic acids is 1. The quantitative estimate of drug-likeness (QED) is 0.811. The third-order valence-corrected chi connectivity index (χ3v) is 4.59. The van der Waals surface area contributed by atoms with Gasteiger partial charge in [-0.3, -0.25) is 9.59 Å². The Labute approximate surface area is 146 Å². The Kier molecular flexibility index (Phi) is 5.42. The minimum absolute atomic E-state index is 0.0304. The number of rotatable bonds is 5. The Morgan fingerprint density at radius 3 is 2.68 bits per heavy atom. The SMILES string of the molecule is O=C(Cn1cc(-c2ccccc2)nn1)N[C@H]1CCCCC[C@H]1C(=O)O. The van der Waals surface area contributed by atoms with Crippen LogP contribution in [-0.4, -0.2) is 38.0 Å². The smallest absolute Gasteiger partial charge is 0.308 e. The monoisotopic (exact) mass is 342 g/mol. The molecule has 2 N–H and O–H groups in total. The molecular formula is C18H22N4O3. The van der Waals surface area contributed by atoms with Gasteiger partial charge in [0.1, 0.15) is 12.2 Å². The summed E-state index contributed by atoms with van der Waals surface area (Å²) in [6.45, 7) is 0.0304. The molecule has 1 aromatic heterocycles. The average Bonchev–Trinajstić information content (AvgIpc) is 2.93. The number of carboxylic acid groups (broad SMARTS) is 1. The Balaban J connectivity index is 1.62. The average molecular weight is 342 g/mol. The summed E-state index contributed by atoms with van der Waals surface area (Å²) in [5, 5.41) is 20.3. The highest BCUT2D eigenvalue weighted by Gasteiger charge is 2.30. The predicted octanol–water partition coefficient (Wildman–Crippen LogP) is 2.09. The molecule has 1 aromatic carbocycles. The van der Waals surface area contributed by atoms with Gasteiger partial charge in [-0.2, -0.15) is 0 Å². The molecule has 132 valence electrons. The molecule has 1 fully saturated rings. The zero-order chi connectivity index (χ0) is 17.6. The van der Waals surface area contributed by atoms with Crippen LogP contribution in [0.15, 0.2) is 36.5 Å². The number of carbonyl (C=O) groups is 2. The molecule has 7 heteroatoms. The molecule has 1 aliphatic carbocycles. The van der Waals surface area contributed by atoms with Crippen LogP contribution in [0.3, 0.4) is 0 Å². The van der Waals surface area contributed by atoms with Crippen molar-refractivity contribution >= 4 is 11.9 Å². The molecule has 7 nitrogen and oxygen atoms in total. The van der Waals surface area contributed by atoms with Crippen LogP contribution in [0, 0.1) is 5.92 Å². The van der Waals surface area contributed by atoms with Gasteiger partial charge in [0.15, 0.2) is 0 Å². The van der Waals surface area contributed by atoms with Gasteiger partial charge in [0.2, 0.25) is 5.91 Å². The number of aliphatic carboxylic acids is 1. The van der Waals surface area contributed by atoms with Crippen LogP contribution in [0.1, 0.15) is 32.1 Å². The summed E-state index contributed by atoms with van der Waals surface area (Å²) < 4.78 is 1.48.